The molecule has 0 aliphatic carbocycles. The molecule has 4 aromatic rings. The number of alkyl carbamates (subject to hydrolysis) is 1. The van der Waals surface area contributed by atoms with Crippen molar-refractivity contribution in [2.45, 2.75) is 19.1 Å². The molecule has 8 heteroatoms. The molecule has 0 fully saturated rings. The maximum atomic E-state index is 13.0. The number of furan rings is 1. The zero-order valence-electron chi connectivity index (χ0n) is 16.8. The van der Waals surface area contributed by atoms with Gasteiger partial charge in [0.2, 0.25) is 0 Å². The lowest BCUT2D eigenvalue weighted by Crippen LogP contribution is -2.42. The lowest BCUT2D eigenvalue weighted by atomic mass is 10.1. The summed E-state index contributed by atoms with van der Waals surface area (Å²) in [6.45, 7) is -0.161. The number of amides is 1. The number of pyridine rings is 1. The number of carbonyl (C=O) groups is 2. The molecule has 1 amide bonds. The largest absolute Gasteiger partial charge is 0.480 e. The number of rotatable bonds is 7. The summed E-state index contributed by atoms with van der Waals surface area (Å²) in [6.07, 6.45) is 2.57. The molecule has 0 bridgehead atoms. The number of halogens is 1. The van der Waals surface area contributed by atoms with E-state index in [4.69, 9.17) is 9.15 Å². The third-order valence-electron chi connectivity index (χ3n) is 4.85. The van der Waals surface area contributed by atoms with Crippen LogP contribution in [0.4, 0.5) is 9.18 Å². The van der Waals surface area contributed by atoms with Gasteiger partial charge < -0.3 is 19.6 Å². The Labute approximate surface area is 182 Å². The van der Waals surface area contributed by atoms with E-state index in [2.05, 4.69) is 10.3 Å². The number of carboxylic acids is 1. The summed E-state index contributed by atoms with van der Waals surface area (Å²) in [5.41, 5.74) is 3.15. The molecule has 2 N–H and O–H groups in total. The molecule has 32 heavy (non-hydrogen) atoms. The summed E-state index contributed by atoms with van der Waals surface area (Å²) in [5, 5.41) is 12.5. The first-order valence-electron chi connectivity index (χ1n) is 9.81. The molecule has 162 valence electrons. The Bertz CT molecular complexity index is 1240. The second kappa shape index (κ2) is 9.30. The van der Waals surface area contributed by atoms with Gasteiger partial charge in [0.05, 0.1) is 0 Å². The fourth-order valence-corrected chi connectivity index (χ4v) is 3.26. The van der Waals surface area contributed by atoms with Crippen molar-refractivity contribution in [3.63, 3.8) is 0 Å². The van der Waals surface area contributed by atoms with Crippen molar-refractivity contribution >= 4 is 23.0 Å². The van der Waals surface area contributed by atoms with E-state index in [1.165, 1.54) is 24.3 Å². The van der Waals surface area contributed by atoms with Crippen molar-refractivity contribution in [2.24, 2.45) is 0 Å². The maximum Gasteiger partial charge on any atom is 0.408 e. The molecule has 0 saturated carbocycles. The Morgan fingerprint density at radius 2 is 1.91 bits per heavy atom. The highest BCUT2D eigenvalue weighted by molar-refractivity contribution is 5.84. The van der Waals surface area contributed by atoms with E-state index < -0.39 is 23.9 Å². The quantitative estimate of drug-likeness (QED) is 0.442. The van der Waals surface area contributed by atoms with E-state index in [0.717, 1.165) is 16.5 Å². The van der Waals surface area contributed by atoms with E-state index >= 15 is 0 Å². The average molecular weight is 434 g/mol. The van der Waals surface area contributed by atoms with Gasteiger partial charge in [-0.15, -0.1) is 0 Å². The van der Waals surface area contributed by atoms with Crippen LogP contribution >= 0.6 is 0 Å². The summed E-state index contributed by atoms with van der Waals surface area (Å²) in [7, 11) is 0. The van der Waals surface area contributed by atoms with Crippen LogP contribution in [0.2, 0.25) is 0 Å². The summed E-state index contributed by atoms with van der Waals surface area (Å²) >= 11 is 0. The zero-order valence-corrected chi connectivity index (χ0v) is 16.8. The van der Waals surface area contributed by atoms with Crippen LogP contribution in [0.3, 0.4) is 0 Å². The highest BCUT2D eigenvalue weighted by Gasteiger charge is 2.21. The number of carbonyl (C=O) groups excluding carboxylic acids is 1. The van der Waals surface area contributed by atoms with E-state index in [9.17, 15) is 19.1 Å². The van der Waals surface area contributed by atoms with E-state index in [0.29, 0.717) is 16.9 Å². The number of hydrogen-bond acceptors (Lipinski definition) is 5. The SMILES string of the molecule is O=C(N[C@H](Cc1ccc(F)cc1)C(=O)O)OCc1cc2cc(-c3cccnc3)ccc2o1. The third-order valence-corrected chi connectivity index (χ3v) is 4.85. The number of nitrogens with zero attached hydrogens (tertiary/aromatic N) is 1. The smallest absolute Gasteiger partial charge is 0.408 e. The summed E-state index contributed by atoms with van der Waals surface area (Å²) in [6, 6.07) is 15.4. The number of aromatic nitrogens is 1. The lowest BCUT2D eigenvalue weighted by molar-refractivity contribution is -0.139. The van der Waals surface area contributed by atoms with Crippen molar-refractivity contribution in [1.82, 2.24) is 10.3 Å². The van der Waals surface area contributed by atoms with Gasteiger partial charge in [0.15, 0.2) is 6.61 Å². The van der Waals surface area contributed by atoms with Crippen LogP contribution in [-0.2, 0) is 22.6 Å². The Morgan fingerprint density at radius 3 is 2.62 bits per heavy atom. The number of ether oxygens (including phenoxy) is 1. The van der Waals surface area contributed by atoms with Crippen LogP contribution in [0, 0.1) is 5.82 Å². The minimum absolute atomic E-state index is 0.00747. The second-order valence-electron chi connectivity index (χ2n) is 7.15. The second-order valence-corrected chi connectivity index (χ2v) is 7.15. The van der Waals surface area contributed by atoms with Gasteiger partial charge in [-0.2, -0.15) is 0 Å². The van der Waals surface area contributed by atoms with Crippen molar-refractivity contribution in [1.29, 1.82) is 0 Å². The van der Waals surface area contributed by atoms with Crippen LogP contribution < -0.4 is 5.32 Å². The fraction of sp³-hybridized carbons (Fsp3) is 0.125. The van der Waals surface area contributed by atoms with E-state index in [-0.39, 0.29) is 13.0 Å². The first-order valence-corrected chi connectivity index (χ1v) is 9.81. The number of fused-ring (bicyclic) bond motifs is 1. The average Bonchev–Trinajstić information content (AvgIpc) is 3.21. The number of aliphatic carboxylic acids is 1. The summed E-state index contributed by atoms with van der Waals surface area (Å²) in [4.78, 5) is 27.7. The molecular weight excluding hydrogens is 415 g/mol. The Kier molecular flexibility index (Phi) is 6.12. The number of benzene rings is 2. The normalized spacial score (nSPS) is 11.8. The monoisotopic (exact) mass is 434 g/mol. The molecule has 2 aromatic heterocycles. The van der Waals surface area contributed by atoms with Crippen molar-refractivity contribution in [2.75, 3.05) is 0 Å². The Balaban J connectivity index is 1.38. The van der Waals surface area contributed by atoms with Gasteiger partial charge in [-0.1, -0.05) is 24.3 Å². The molecular formula is C24H19FN2O5. The molecule has 2 aromatic carbocycles. The molecule has 1 atom stereocenters. The molecule has 0 unspecified atom stereocenters. The van der Waals surface area contributed by atoms with Gasteiger partial charge in [-0.3, -0.25) is 4.98 Å². The third kappa shape index (κ3) is 5.10. The summed E-state index contributed by atoms with van der Waals surface area (Å²) < 4.78 is 23.9. The van der Waals surface area contributed by atoms with E-state index in [1.54, 1.807) is 18.5 Å². The van der Waals surface area contributed by atoms with Crippen LogP contribution in [0.1, 0.15) is 11.3 Å². The van der Waals surface area contributed by atoms with Crippen LogP contribution in [0.5, 0.6) is 0 Å². The van der Waals surface area contributed by atoms with Gasteiger partial charge in [0.1, 0.15) is 23.2 Å². The van der Waals surface area contributed by atoms with Crippen LogP contribution in [0.25, 0.3) is 22.1 Å². The van der Waals surface area contributed by atoms with Crippen molar-refractivity contribution in [3.05, 3.63) is 90.2 Å². The molecule has 0 saturated heterocycles. The van der Waals surface area contributed by atoms with Crippen molar-refractivity contribution in [3.8, 4) is 11.1 Å². The van der Waals surface area contributed by atoms with Gasteiger partial charge in [-0.25, -0.2) is 14.0 Å². The molecule has 0 aliphatic rings. The minimum Gasteiger partial charge on any atom is -0.480 e. The minimum atomic E-state index is -1.22. The highest BCUT2D eigenvalue weighted by Crippen LogP contribution is 2.26. The van der Waals surface area contributed by atoms with Crippen LogP contribution in [0.15, 0.2) is 77.5 Å². The highest BCUT2D eigenvalue weighted by atomic mass is 19.1. The Morgan fingerprint density at radius 1 is 1.09 bits per heavy atom. The van der Waals surface area contributed by atoms with Gasteiger partial charge in [0.25, 0.3) is 0 Å². The van der Waals surface area contributed by atoms with Crippen molar-refractivity contribution < 1.29 is 28.2 Å². The predicted octanol–water partition coefficient (Wildman–Crippen LogP) is 4.56. The number of carboxylic acid groups (broad SMARTS) is 1. The maximum absolute atomic E-state index is 13.0. The van der Waals surface area contributed by atoms with Gasteiger partial charge >= 0.3 is 12.1 Å². The first-order chi connectivity index (χ1) is 15.5. The molecule has 2 heterocycles. The molecule has 0 spiro atoms. The number of nitrogens with one attached hydrogen (secondary N) is 1. The van der Waals surface area contributed by atoms with Crippen LogP contribution in [-0.4, -0.2) is 28.2 Å². The summed E-state index contributed by atoms with van der Waals surface area (Å²) in [5.74, 6) is -1.23. The van der Waals surface area contributed by atoms with Gasteiger partial charge in [-0.05, 0) is 47.5 Å². The fourth-order valence-electron chi connectivity index (χ4n) is 3.26. The standard InChI is InChI=1S/C24H19FN2O5/c25-19-6-3-15(4-7-19)10-21(23(28)29)27-24(30)31-14-20-12-18-11-16(5-8-22(18)32-20)17-2-1-9-26-13-17/h1-9,11-13,21H,10,14H2,(H,27,30)(H,28,29)/t21-/m1/s1. The first kappa shape index (κ1) is 21.0. The molecule has 4 rings (SSSR count). The van der Waals surface area contributed by atoms with Gasteiger partial charge in [0, 0.05) is 29.8 Å². The predicted molar refractivity (Wildman–Crippen MR) is 114 cm³/mol. The molecule has 0 aliphatic heterocycles. The lowest BCUT2D eigenvalue weighted by Gasteiger charge is -2.14. The molecule has 7 nitrogen and oxygen atoms in total. The topological polar surface area (TPSA) is 102 Å². The Hall–Kier alpha value is -4.20. The molecule has 0 radical (unpaired) electrons. The van der Waals surface area contributed by atoms with E-state index in [1.807, 2.05) is 30.3 Å². The number of hydrogen-bond donors (Lipinski definition) is 2. The zero-order chi connectivity index (χ0) is 22.5.